The Kier molecular flexibility index (Phi) is 5.37. The van der Waals surface area contributed by atoms with Gasteiger partial charge in [0.25, 0.3) is 0 Å². The van der Waals surface area contributed by atoms with Crippen LogP contribution in [-0.2, 0) is 14.8 Å². The van der Waals surface area contributed by atoms with E-state index >= 15 is 0 Å². The van der Waals surface area contributed by atoms with Gasteiger partial charge in [0.15, 0.2) is 0 Å². The number of aromatic nitrogens is 2. The quantitative estimate of drug-likeness (QED) is 0.685. The van der Waals surface area contributed by atoms with Gasteiger partial charge < -0.3 is 5.32 Å². The summed E-state index contributed by atoms with van der Waals surface area (Å²) in [6.07, 6.45) is 0.975. The number of fused-ring (bicyclic) bond motifs is 1. The van der Waals surface area contributed by atoms with Crippen LogP contribution in [0.3, 0.4) is 0 Å². The predicted molar refractivity (Wildman–Crippen MR) is 113 cm³/mol. The molecule has 4 rings (SSSR count). The van der Waals surface area contributed by atoms with Crippen molar-refractivity contribution >= 4 is 44.4 Å². The number of nitrogens with one attached hydrogen (secondary N) is 1. The minimum Gasteiger partial charge on any atom is -0.326 e. The first-order chi connectivity index (χ1) is 13.9. The van der Waals surface area contributed by atoms with E-state index in [-0.39, 0.29) is 16.7 Å². The maximum atomic E-state index is 13.1. The molecule has 1 N–H and O–H groups in total. The molecule has 1 fully saturated rings. The van der Waals surface area contributed by atoms with Gasteiger partial charge in [0.2, 0.25) is 15.9 Å². The minimum atomic E-state index is -3.67. The van der Waals surface area contributed by atoms with Gasteiger partial charge in [-0.15, -0.1) is 0 Å². The van der Waals surface area contributed by atoms with Crippen LogP contribution in [0.2, 0.25) is 0 Å². The largest absolute Gasteiger partial charge is 0.326 e. The number of hydrogen-bond acceptors (Lipinski definition) is 6. The second-order valence-electron chi connectivity index (χ2n) is 7.35. The number of aryl methyl sites for hydroxylation is 2. The summed E-state index contributed by atoms with van der Waals surface area (Å²) in [5.41, 5.74) is 4.06. The highest BCUT2D eigenvalue weighted by Gasteiger charge is 2.33. The van der Waals surface area contributed by atoms with Crippen molar-refractivity contribution < 1.29 is 13.2 Å². The van der Waals surface area contributed by atoms with Crippen molar-refractivity contribution in [3.8, 4) is 0 Å². The summed E-state index contributed by atoms with van der Waals surface area (Å²) >= 11 is 1.00. The van der Waals surface area contributed by atoms with Crippen molar-refractivity contribution in [1.82, 2.24) is 13.1 Å². The average Bonchev–Trinajstić information content (AvgIpc) is 3.19. The van der Waals surface area contributed by atoms with E-state index < -0.39 is 10.0 Å². The molecule has 0 spiro atoms. The number of benzene rings is 2. The molecule has 1 aliphatic heterocycles. The lowest BCUT2D eigenvalue weighted by atomic mass is 9.97. The molecule has 1 saturated heterocycles. The number of rotatable bonds is 4. The van der Waals surface area contributed by atoms with Gasteiger partial charge in [-0.05, 0) is 62.1 Å². The van der Waals surface area contributed by atoms with Crippen LogP contribution in [0.1, 0.15) is 24.0 Å². The zero-order valence-electron chi connectivity index (χ0n) is 16.3. The molecule has 29 heavy (non-hydrogen) atoms. The molecule has 0 aliphatic carbocycles. The third kappa shape index (κ3) is 3.90. The van der Waals surface area contributed by atoms with E-state index in [1.165, 1.54) is 9.87 Å². The van der Waals surface area contributed by atoms with Gasteiger partial charge >= 0.3 is 0 Å². The third-order valence-electron chi connectivity index (χ3n) is 5.47. The summed E-state index contributed by atoms with van der Waals surface area (Å²) in [6, 6.07) is 10.8. The zero-order valence-corrected chi connectivity index (χ0v) is 17.9. The van der Waals surface area contributed by atoms with E-state index in [0.29, 0.717) is 37.0 Å². The first-order valence-electron chi connectivity index (χ1n) is 9.46. The summed E-state index contributed by atoms with van der Waals surface area (Å²) in [4.78, 5) is 12.8. The monoisotopic (exact) mass is 430 g/mol. The second-order valence-corrected chi connectivity index (χ2v) is 9.79. The van der Waals surface area contributed by atoms with Gasteiger partial charge in [0.1, 0.15) is 15.9 Å². The SMILES string of the molecule is Cc1ccc(NC(=O)C2CCN(S(=O)(=O)c3cccc4nsnc34)CC2)cc1C. The van der Waals surface area contributed by atoms with E-state index in [1.54, 1.807) is 18.2 Å². The van der Waals surface area contributed by atoms with Gasteiger partial charge in [0.05, 0.1) is 11.7 Å². The Labute approximate surface area is 174 Å². The molecular formula is C20H22N4O3S2. The second kappa shape index (κ2) is 7.81. The van der Waals surface area contributed by atoms with Crippen molar-refractivity contribution in [1.29, 1.82) is 0 Å². The van der Waals surface area contributed by atoms with Crippen molar-refractivity contribution in [2.45, 2.75) is 31.6 Å². The maximum Gasteiger partial charge on any atom is 0.245 e. The molecule has 3 aromatic rings. The molecule has 9 heteroatoms. The number of carbonyl (C=O) groups is 1. The fourth-order valence-electron chi connectivity index (χ4n) is 3.55. The molecule has 7 nitrogen and oxygen atoms in total. The molecule has 0 atom stereocenters. The summed E-state index contributed by atoms with van der Waals surface area (Å²) in [5.74, 6) is -0.268. The standard InChI is InChI=1S/C20H22N4O3S2/c1-13-6-7-16(12-14(13)2)21-20(25)15-8-10-24(11-9-15)29(26,27)18-5-3-4-17-19(18)23-28-22-17/h3-7,12,15H,8-11H2,1-2H3,(H,21,25). The van der Waals surface area contributed by atoms with Crippen LogP contribution in [-0.4, -0.2) is 40.5 Å². The first kappa shape index (κ1) is 19.9. The van der Waals surface area contributed by atoms with Crippen molar-refractivity contribution in [3.05, 3.63) is 47.5 Å². The number of carbonyl (C=O) groups excluding carboxylic acids is 1. The summed E-state index contributed by atoms with van der Waals surface area (Å²) in [5, 5.41) is 2.96. The van der Waals surface area contributed by atoms with Crippen LogP contribution < -0.4 is 5.32 Å². The van der Waals surface area contributed by atoms with E-state index in [2.05, 4.69) is 14.1 Å². The Morgan fingerprint density at radius 1 is 1.10 bits per heavy atom. The number of piperidine rings is 1. The summed E-state index contributed by atoms with van der Waals surface area (Å²) in [7, 11) is -3.67. The molecule has 1 aromatic heterocycles. The lowest BCUT2D eigenvalue weighted by Gasteiger charge is -2.30. The fraction of sp³-hybridized carbons (Fsp3) is 0.350. The van der Waals surface area contributed by atoms with Crippen molar-refractivity contribution in [2.75, 3.05) is 18.4 Å². The molecule has 1 aliphatic rings. The number of amides is 1. The van der Waals surface area contributed by atoms with Gasteiger partial charge in [-0.25, -0.2) is 8.42 Å². The van der Waals surface area contributed by atoms with Crippen LogP contribution in [0.4, 0.5) is 5.69 Å². The maximum absolute atomic E-state index is 13.1. The Morgan fingerprint density at radius 2 is 1.86 bits per heavy atom. The molecule has 0 bridgehead atoms. The first-order valence-corrected chi connectivity index (χ1v) is 11.6. The van der Waals surface area contributed by atoms with E-state index in [4.69, 9.17) is 0 Å². The third-order valence-corrected chi connectivity index (χ3v) is 7.94. The lowest BCUT2D eigenvalue weighted by Crippen LogP contribution is -2.41. The van der Waals surface area contributed by atoms with E-state index in [0.717, 1.165) is 23.0 Å². The van der Waals surface area contributed by atoms with Crippen LogP contribution >= 0.6 is 11.7 Å². The van der Waals surface area contributed by atoms with Gasteiger partial charge in [-0.2, -0.15) is 13.1 Å². The number of sulfonamides is 1. The van der Waals surface area contributed by atoms with Crippen molar-refractivity contribution in [2.24, 2.45) is 5.92 Å². The Morgan fingerprint density at radius 3 is 2.59 bits per heavy atom. The van der Waals surface area contributed by atoms with Crippen LogP contribution in [0.25, 0.3) is 11.0 Å². The highest BCUT2D eigenvalue weighted by atomic mass is 32.2. The zero-order chi connectivity index (χ0) is 20.6. The lowest BCUT2D eigenvalue weighted by molar-refractivity contribution is -0.120. The summed E-state index contributed by atoms with van der Waals surface area (Å²) in [6.45, 7) is 4.65. The van der Waals surface area contributed by atoms with E-state index in [9.17, 15) is 13.2 Å². The molecule has 152 valence electrons. The molecule has 2 heterocycles. The minimum absolute atomic E-state index is 0.0592. The van der Waals surface area contributed by atoms with Crippen molar-refractivity contribution in [3.63, 3.8) is 0 Å². The van der Waals surface area contributed by atoms with Crippen LogP contribution in [0.15, 0.2) is 41.3 Å². The predicted octanol–water partition coefficient (Wildman–Crippen LogP) is 3.35. The normalized spacial score (nSPS) is 16.2. The molecule has 0 saturated carbocycles. The number of nitrogens with zero attached hydrogens (tertiary/aromatic N) is 3. The van der Waals surface area contributed by atoms with E-state index in [1.807, 2.05) is 32.0 Å². The Hall–Kier alpha value is -2.36. The summed E-state index contributed by atoms with van der Waals surface area (Å²) < 4.78 is 35.9. The molecule has 0 unspecified atom stereocenters. The highest BCUT2D eigenvalue weighted by molar-refractivity contribution is 7.89. The fourth-order valence-corrected chi connectivity index (χ4v) is 5.77. The Bertz CT molecular complexity index is 1170. The topological polar surface area (TPSA) is 92.3 Å². The molecule has 0 radical (unpaired) electrons. The van der Waals surface area contributed by atoms with Gasteiger partial charge in [-0.3, -0.25) is 4.79 Å². The smallest absolute Gasteiger partial charge is 0.245 e. The van der Waals surface area contributed by atoms with Crippen LogP contribution in [0, 0.1) is 19.8 Å². The highest BCUT2D eigenvalue weighted by Crippen LogP contribution is 2.28. The Balaban J connectivity index is 1.44. The molecule has 2 aromatic carbocycles. The number of anilines is 1. The van der Waals surface area contributed by atoms with Crippen LogP contribution in [0.5, 0.6) is 0 Å². The average molecular weight is 431 g/mol. The molecular weight excluding hydrogens is 408 g/mol. The number of hydrogen-bond donors (Lipinski definition) is 1. The van der Waals surface area contributed by atoms with Gasteiger partial charge in [0, 0.05) is 24.7 Å². The molecule has 1 amide bonds. The van der Waals surface area contributed by atoms with Gasteiger partial charge in [-0.1, -0.05) is 12.1 Å².